The zero-order valence-electron chi connectivity index (χ0n) is 27.3. The van der Waals surface area contributed by atoms with Crippen LogP contribution in [0.15, 0.2) is 101 Å². The van der Waals surface area contributed by atoms with E-state index in [1.165, 1.54) is 18.2 Å². The molecule has 0 bridgehead atoms. The Balaban J connectivity index is 1.26. The lowest BCUT2D eigenvalue weighted by Gasteiger charge is -2.26. The molecule has 2 aromatic heterocycles. The standard InChI is InChI=1S/C38H26N8O2S2/c1-20-5-11-24(12-6-20)46(25-13-7-21(2)8-14-25)26-15-9-23(10-16-26)27-17-28-29(34-33(27)41-49-42-34)18-31(36-35(28)43-50-44-36)40-32-22(3)30(19-39)37(47)45(4)38(32)48/h5-18H,1-4H3. The molecule has 0 radical (unpaired) electrons. The van der Waals surface area contributed by atoms with Gasteiger partial charge in [0.15, 0.2) is 0 Å². The van der Waals surface area contributed by atoms with E-state index in [0.717, 1.165) is 72.8 Å². The minimum absolute atomic E-state index is 0.00646. The summed E-state index contributed by atoms with van der Waals surface area (Å²) < 4.78 is 18.6. The average molecular weight is 691 g/mol. The Morgan fingerprint density at radius 1 is 0.680 bits per heavy atom. The van der Waals surface area contributed by atoms with Gasteiger partial charge in [0.05, 0.1) is 29.1 Å². The molecular weight excluding hydrogens is 665 g/mol. The first-order chi connectivity index (χ1) is 24.2. The van der Waals surface area contributed by atoms with Gasteiger partial charge in [-0.15, -0.1) is 0 Å². The quantitative estimate of drug-likeness (QED) is 0.165. The highest BCUT2D eigenvalue weighted by molar-refractivity contribution is 7.00. The first-order valence-electron chi connectivity index (χ1n) is 15.6. The highest BCUT2D eigenvalue weighted by Gasteiger charge is 2.34. The van der Waals surface area contributed by atoms with E-state index >= 15 is 0 Å². The summed E-state index contributed by atoms with van der Waals surface area (Å²) in [5.41, 5.74) is 10.4. The van der Waals surface area contributed by atoms with Gasteiger partial charge >= 0.3 is 0 Å². The van der Waals surface area contributed by atoms with Gasteiger partial charge in [-0.3, -0.25) is 14.5 Å². The number of carbonyl (C=O) groups is 2. The number of aliphatic imine (C=N–C) groups is 1. The molecule has 3 heterocycles. The molecule has 0 N–H and O–H groups in total. The Morgan fingerprint density at radius 3 is 1.76 bits per heavy atom. The number of fused-ring (bicyclic) bond motifs is 5. The van der Waals surface area contributed by atoms with Crippen molar-refractivity contribution in [1.29, 1.82) is 5.26 Å². The van der Waals surface area contributed by atoms with Crippen LogP contribution in [0.1, 0.15) is 18.1 Å². The summed E-state index contributed by atoms with van der Waals surface area (Å²) in [5.74, 6) is -1.24. The molecule has 242 valence electrons. The fourth-order valence-electron chi connectivity index (χ4n) is 6.21. The number of carbonyl (C=O) groups excluding carboxylic acids is 2. The zero-order chi connectivity index (χ0) is 34.7. The summed E-state index contributed by atoms with van der Waals surface area (Å²) in [6, 6.07) is 31.2. The number of imide groups is 1. The van der Waals surface area contributed by atoms with Crippen LogP contribution >= 0.6 is 23.5 Å². The summed E-state index contributed by atoms with van der Waals surface area (Å²) in [4.78, 5) is 33.5. The van der Waals surface area contributed by atoms with Crippen LogP contribution in [0.5, 0.6) is 0 Å². The van der Waals surface area contributed by atoms with Crippen LogP contribution in [0, 0.1) is 25.2 Å². The second-order valence-corrected chi connectivity index (χ2v) is 13.2. The van der Waals surface area contributed by atoms with Gasteiger partial charge in [0.25, 0.3) is 11.8 Å². The smallest absolute Gasteiger partial charge is 0.279 e. The molecule has 2 amide bonds. The van der Waals surface area contributed by atoms with E-state index in [9.17, 15) is 14.9 Å². The predicted molar refractivity (Wildman–Crippen MR) is 199 cm³/mol. The van der Waals surface area contributed by atoms with Gasteiger partial charge in [-0.25, -0.2) is 4.99 Å². The van der Waals surface area contributed by atoms with Gasteiger partial charge < -0.3 is 4.90 Å². The number of hydrogen-bond donors (Lipinski definition) is 0. The molecule has 0 unspecified atom stereocenters. The van der Waals surface area contributed by atoms with Crippen molar-refractivity contribution in [2.45, 2.75) is 20.8 Å². The Morgan fingerprint density at radius 2 is 1.18 bits per heavy atom. The molecule has 1 aliphatic heterocycles. The second-order valence-electron chi connectivity index (χ2n) is 12.1. The number of benzene rings is 5. The van der Waals surface area contributed by atoms with Gasteiger partial charge in [-0.05, 0) is 74.9 Å². The lowest BCUT2D eigenvalue weighted by atomic mass is 9.96. The van der Waals surface area contributed by atoms with Crippen LogP contribution in [0.2, 0.25) is 0 Å². The van der Waals surface area contributed by atoms with Crippen molar-refractivity contribution in [3.8, 4) is 17.2 Å². The van der Waals surface area contributed by atoms with Crippen LogP contribution in [0.4, 0.5) is 22.7 Å². The minimum atomic E-state index is -0.651. The van der Waals surface area contributed by atoms with Crippen LogP contribution in [0.25, 0.3) is 44.0 Å². The first-order valence-corrected chi connectivity index (χ1v) is 17.1. The highest BCUT2D eigenvalue weighted by Crippen LogP contribution is 2.42. The van der Waals surface area contributed by atoms with Crippen LogP contribution in [-0.2, 0) is 9.59 Å². The summed E-state index contributed by atoms with van der Waals surface area (Å²) in [5, 5.41) is 11.2. The first kappa shape index (κ1) is 31.1. The van der Waals surface area contributed by atoms with Crippen LogP contribution in [0.3, 0.4) is 0 Å². The van der Waals surface area contributed by atoms with Crippen molar-refractivity contribution in [3.05, 3.63) is 107 Å². The van der Waals surface area contributed by atoms with E-state index in [0.29, 0.717) is 22.2 Å². The second kappa shape index (κ2) is 12.1. The molecular formula is C38H26N8O2S2. The van der Waals surface area contributed by atoms with Crippen molar-refractivity contribution in [3.63, 3.8) is 0 Å². The summed E-state index contributed by atoms with van der Waals surface area (Å²) in [7, 11) is 1.34. The molecule has 7 aromatic rings. The maximum absolute atomic E-state index is 13.2. The number of nitrogens with zero attached hydrogens (tertiary/aromatic N) is 8. The summed E-state index contributed by atoms with van der Waals surface area (Å²) in [6.07, 6.45) is 0. The van der Waals surface area contributed by atoms with E-state index in [2.05, 4.69) is 111 Å². The number of anilines is 3. The highest BCUT2D eigenvalue weighted by atomic mass is 32.1. The van der Waals surface area contributed by atoms with E-state index < -0.39 is 11.8 Å². The van der Waals surface area contributed by atoms with E-state index in [1.54, 1.807) is 6.92 Å². The Labute approximate surface area is 294 Å². The van der Waals surface area contributed by atoms with Crippen molar-refractivity contribution >= 4 is 96.6 Å². The van der Waals surface area contributed by atoms with E-state index in [1.807, 2.05) is 12.1 Å². The molecule has 50 heavy (non-hydrogen) atoms. The van der Waals surface area contributed by atoms with E-state index in [4.69, 9.17) is 9.37 Å². The molecule has 0 spiro atoms. The number of likely N-dealkylation sites (N-methyl/N-ethyl adjacent to an activating group) is 1. The monoisotopic (exact) mass is 690 g/mol. The van der Waals surface area contributed by atoms with E-state index in [-0.39, 0.29) is 16.9 Å². The SMILES string of the molecule is CC1=C(C#N)C(=O)N(C)C(=O)C1=Nc1cc2c(cc(-c3ccc(N(c4ccc(C)cc4)c4ccc(C)cc4)cc3)c3nsnc32)c2nsnc12. The third kappa shape index (κ3) is 5.03. The topological polar surface area (TPSA) is 128 Å². The maximum atomic E-state index is 13.2. The van der Waals surface area contributed by atoms with Crippen molar-refractivity contribution < 1.29 is 9.59 Å². The lowest BCUT2D eigenvalue weighted by Crippen LogP contribution is -2.44. The normalized spacial score (nSPS) is 14.4. The summed E-state index contributed by atoms with van der Waals surface area (Å²) >= 11 is 2.16. The third-order valence-corrected chi connectivity index (χ3v) is 10.0. The number of hydrogen-bond acceptors (Lipinski definition) is 11. The molecule has 5 aromatic carbocycles. The van der Waals surface area contributed by atoms with Crippen LogP contribution in [-0.4, -0.2) is 47.0 Å². The maximum Gasteiger partial charge on any atom is 0.279 e. The molecule has 0 aliphatic carbocycles. The fraction of sp³-hybridized carbons (Fsp3) is 0.105. The van der Waals surface area contributed by atoms with Crippen LogP contribution < -0.4 is 4.90 Å². The van der Waals surface area contributed by atoms with Crippen molar-refractivity contribution in [2.24, 2.45) is 4.99 Å². The number of nitriles is 1. The fourth-order valence-corrected chi connectivity index (χ4v) is 7.36. The number of amides is 2. The lowest BCUT2D eigenvalue weighted by molar-refractivity contribution is -0.136. The molecule has 8 rings (SSSR count). The predicted octanol–water partition coefficient (Wildman–Crippen LogP) is 8.51. The van der Waals surface area contributed by atoms with Gasteiger partial charge in [0, 0.05) is 46.0 Å². The largest absolute Gasteiger partial charge is 0.311 e. The number of rotatable bonds is 5. The Bertz CT molecular complexity index is 2590. The van der Waals surface area contributed by atoms with Crippen molar-refractivity contribution in [1.82, 2.24) is 22.4 Å². The zero-order valence-corrected chi connectivity index (χ0v) is 28.9. The van der Waals surface area contributed by atoms with Crippen molar-refractivity contribution in [2.75, 3.05) is 11.9 Å². The molecule has 0 fully saturated rings. The number of aryl methyl sites for hydroxylation is 2. The Hall–Kier alpha value is -6.16. The van der Waals surface area contributed by atoms with Gasteiger partial charge in [0.2, 0.25) is 0 Å². The molecule has 0 saturated heterocycles. The third-order valence-electron chi connectivity index (χ3n) is 8.97. The summed E-state index contributed by atoms with van der Waals surface area (Å²) in [6.45, 7) is 5.72. The van der Waals surface area contributed by atoms with Gasteiger partial charge in [-0.1, -0.05) is 47.5 Å². The molecule has 0 saturated carbocycles. The molecule has 10 nitrogen and oxygen atoms in total. The molecule has 12 heteroatoms. The molecule has 1 aliphatic rings. The van der Waals surface area contributed by atoms with Gasteiger partial charge in [-0.2, -0.15) is 22.8 Å². The average Bonchev–Trinajstić information content (AvgIpc) is 3.83. The number of aromatic nitrogens is 4. The van der Waals surface area contributed by atoms with Gasteiger partial charge in [0.1, 0.15) is 39.4 Å². The Kier molecular flexibility index (Phi) is 7.51. The minimum Gasteiger partial charge on any atom is -0.311 e. The molecule has 0 atom stereocenters.